The van der Waals surface area contributed by atoms with E-state index in [0.717, 1.165) is 22.1 Å². The van der Waals surface area contributed by atoms with Gasteiger partial charge in [0.1, 0.15) is 0 Å². The third-order valence-corrected chi connectivity index (χ3v) is 9.05. The van der Waals surface area contributed by atoms with E-state index in [-0.39, 0.29) is 0 Å². The van der Waals surface area contributed by atoms with E-state index >= 15 is 0 Å². The molecule has 8 aromatic rings. The molecule has 0 fully saturated rings. The Kier molecular flexibility index (Phi) is 8.15. The lowest BCUT2D eigenvalue weighted by Gasteiger charge is -2.19. The second-order valence-electron chi connectivity index (χ2n) is 12.0. The van der Waals surface area contributed by atoms with Crippen molar-refractivity contribution in [3.8, 4) is 22.3 Å². The maximum atomic E-state index is 5.12. The van der Waals surface area contributed by atoms with E-state index in [0.29, 0.717) is 18.2 Å². The van der Waals surface area contributed by atoms with Crippen LogP contribution in [0.15, 0.2) is 191 Å². The van der Waals surface area contributed by atoms with Gasteiger partial charge in [-0.3, -0.25) is 4.99 Å². The highest BCUT2D eigenvalue weighted by Gasteiger charge is 2.19. The molecule has 0 aliphatic rings. The number of nitrogens with zero attached hydrogens (tertiary/aromatic N) is 3. The highest BCUT2D eigenvalue weighted by Crippen LogP contribution is 2.45. The number of fused-ring (bicyclic) bond motifs is 3. The molecule has 0 unspecified atom stereocenters. The smallest absolute Gasteiger partial charge is 0.161 e. The van der Waals surface area contributed by atoms with E-state index < -0.39 is 0 Å². The van der Waals surface area contributed by atoms with Crippen LogP contribution >= 0.6 is 0 Å². The number of benzene rings is 8. The Morgan fingerprint density at radius 2 is 1.04 bits per heavy atom. The molecule has 0 saturated heterocycles. The lowest BCUT2D eigenvalue weighted by molar-refractivity contribution is 1.06. The Labute approximate surface area is 286 Å². The van der Waals surface area contributed by atoms with Crippen LogP contribution in [0, 0.1) is 0 Å². The fraction of sp³-hybridized carbons (Fsp3) is 0.0217. The van der Waals surface area contributed by atoms with Gasteiger partial charge in [0.15, 0.2) is 11.7 Å². The number of rotatable bonds is 6. The normalized spacial score (nSPS) is 12.1. The van der Waals surface area contributed by atoms with Crippen LogP contribution in [0.3, 0.4) is 0 Å². The predicted octanol–water partition coefficient (Wildman–Crippen LogP) is 11.6. The Balaban J connectivity index is 1.45. The van der Waals surface area contributed by atoms with Crippen LogP contribution in [0.1, 0.15) is 16.7 Å². The van der Waals surface area contributed by atoms with Gasteiger partial charge in [-0.15, -0.1) is 0 Å². The van der Waals surface area contributed by atoms with E-state index in [1.165, 1.54) is 49.2 Å². The summed E-state index contributed by atoms with van der Waals surface area (Å²) in [5, 5.41) is 7.16. The molecule has 0 heterocycles. The zero-order chi connectivity index (χ0) is 33.0. The van der Waals surface area contributed by atoms with Crippen molar-refractivity contribution in [3.63, 3.8) is 0 Å². The van der Waals surface area contributed by atoms with E-state index in [9.17, 15) is 0 Å². The van der Waals surface area contributed by atoms with Crippen LogP contribution in [0.25, 0.3) is 54.6 Å². The van der Waals surface area contributed by atoms with Gasteiger partial charge in [0.25, 0.3) is 0 Å². The average Bonchev–Trinajstić information content (AvgIpc) is 3.18. The van der Waals surface area contributed by atoms with Crippen LogP contribution in [0.5, 0.6) is 0 Å². The van der Waals surface area contributed by atoms with Crippen molar-refractivity contribution in [2.75, 3.05) is 0 Å². The van der Waals surface area contributed by atoms with Crippen LogP contribution in [-0.4, -0.2) is 18.4 Å². The van der Waals surface area contributed by atoms with Crippen LogP contribution < -0.4 is 0 Å². The zero-order valence-electron chi connectivity index (χ0n) is 27.0. The van der Waals surface area contributed by atoms with E-state index in [1.54, 1.807) is 0 Å². The molecule has 0 radical (unpaired) electrons. The second kappa shape index (κ2) is 13.3. The summed E-state index contributed by atoms with van der Waals surface area (Å²) < 4.78 is 0. The average molecular weight is 628 g/mol. The lowest BCUT2D eigenvalue weighted by Crippen LogP contribution is -2.06. The fourth-order valence-corrected chi connectivity index (χ4v) is 6.79. The summed E-state index contributed by atoms with van der Waals surface area (Å²) in [5.41, 5.74) is 7.69. The number of hydrogen-bond acceptors (Lipinski definition) is 1. The SMILES string of the molecule is C=NC(=NC(=NCc1ccccc1)c1ccc2c(-c3ccccc3)c3ccccc3c(-c3cccc4ccccc34)c2c1)c1ccccc1. The van der Waals surface area contributed by atoms with Gasteiger partial charge >= 0.3 is 0 Å². The van der Waals surface area contributed by atoms with Crippen molar-refractivity contribution in [3.05, 3.63) is 193 Å². The van der Waals surface area contributed by atoms with Crippen molar-refractivity contribution in [2.45, 2.75) is 6.54 Å². The first-order chi connectivity index (χ1) is 24.3. The summed E-state index contributed by atoms with van der Waals surface area (Å²) in [5.74, 6) is 1.14. The highest BCUT2D eigenvalue weighted by atomic mass is 15.0. The van der Waals surface area contributed by atoms with Crippen molar-refractivity contribution < 1.29 is 0 Å². The molecule has 49 heavy (non-hydrogen) atoms. The van der Waals surface area contributed by atoms with Crippen LogP contribution in [-0.2, 0) is 6.54 Å². The molecular weight excluding hydrogens is 595 g/mol. The first kappa shape index (κ1) is 29.9. The molecule has 0 aliphatic carbocycles. The molecule has 8 rings (SSSR count). The maximum absolute atomic E-state index is 5.12. The molecule has 232 valence electrons. The number of hydrogen-bond donors (Lipinski definition) is 0. The van der Waals surface area contributed by atoms with Gasteiger partial charge < -0.3 is 0 Å². The molecule has 3 nitrogen and oxygen atoms in total. The van der Waals surface area contributed by atoms with Crippen LogP contribution in [0.2, 0.25) is 0 Å². The number of amidine groups is 2. The fourth-order valence-electron chi connectivity index (χ4n) is 6.79. The summed E-state index contributed by atoms with van der Waals surface area (Å²) in [6.45, 7) is 4.36. The first-order valence-corrected chi connectivity index (χ1v) is 16.5. The van der Waals surface area contributed by atoms with E-state index in [4.69, 9.17) is 9.98 Å². The molecule has 0 saturated carbocycles. The van der Waals surface area contributed by atoms with Crippen molar-refractivity contribution in [1.29, 1.82) is 0 Å². The summed E-state index contributed by atoms with van der Waals surface area (Å²) >= 11 is 0. The van der Waals surface area contributed by atoms with Gasteiger partial charge in [-0.25, -0.2) is 9.98 Å². The minimum atomic E-state index is 0.486. The number of aliphatic imine (C=N–C) groups is 3. The minimum Gasteiger partial charge on any atom is -0.261 e. The molecule has 0 atom stereocenters. The Hall–Kier alpha value is -6.45. The predicted molar refractivity (Wildman–Crippen MR) is 209 cm³/mol. The quantitative estimate of drug-likeness (QED) is 0.0999. The molecule has 0 bridgehead atoms. The Morgan fingerprint density at radius 3 is 1.78 bits per heavy atom. The van der Waals surface area contributed by atoms with E-state index in [2.05, 4.69) is 139 Å². The standard InChI is InChI=1S/C46H33N3/c1-47-45(35-21-9-4-10-22-35)49-46(48-31-32-16-5-2-6-17-32)36-28-29-41-42(30-36)44(38-27-15-23-33-18-11-12-24-37(33)38)40-26-14-13-25-39(40)43(41)34-19-7-3-8-20-34/h2-30H,1,31H2. The molecule has 0 amide bonds. The molecular formula is C46H33N3. The van der Waals surface area contributed by atoms with Gasteiger partial charge in [-0.1, -0.05) is 170 Å². The zero-order valence-corrected chi connectivity index (χ0v) is 27.0. The minimum absolute atomic E-state index is 0.486. The highest BCUT2D eigenvalue weighted by molar-refractivity contribution is 6.24. The van der Waals surface area contributed by atoms with Gasteiger partial charge in [0, 0.05) is 11.1 Å². The third kappa shape index (κ3) is 5.83. The second-order valence-corrected chi connectivity index (χ2v) is 12.0. The molecule has 8 aromatic carbocycles. The van der Waals surface area contributed by atoms with Gasteiger partial charge in [0.2, 0.25) is 0 Å². The monoisotopic (exact) mass is 627 g/mol. The Morgan fingerprint density at radius 1 is 0.449 bits per heavy atom. The summed E-state index contributed by atoms with van der Waals surface area (Å²) in [6, 6.07) is 61.6. The van der Waals surface area contributed by atoms with E-state index in [1.807, 2.05) is 48.5 Å². The summed E-state index contributed by atoms with van der Waals surface area (Å²) in [4.78, 5) is 14.6. The van der Waals surface area contributed by atoms with Crippen LogP contribution in [0.4, 0.5) is 0 Å². The Bertz CT molecular complexity index is 2510. The van der Waals surface area contributed by atoms with Gasteiger partial charge in [-0.2, -0.15) is 0 Å². The third-order valence-electron chi connectivity index (χ3n) is 9.05. The molecule has 0 spiro atoms. The summed E-state index contributed by atoms with van der Waals surface area (Å²) in [6.07, 6.45) is 0. The van der Waals surface area contributed by atoms with Crippen molar-refractivity contribution >= 4 is 50.7 Å². The largest absolute Gasteiger partial charge is 0.261 e. The first-order valence-electron chi connectivity index (χ1n) is 16.5. The molecule has 0 N–H and O–H groups in total. The molecule has 0 aliphatic heterocycles. The summed E-state index contributed by atoms with van der Waals surface area (Å²) in [7, 11) is 0. The van der Waals surface area contributed by atoms with Crippen molar-refractivity contribution in [1.82, 2.24) is 0 Å². The molecule has 3 heteroatoms. The lowest BCUT2D eigenvalue weighted by atomic mass is 9.84. The van der Waals surface area contributed by atoms with Gasteiger partial charge in [-0.05, 0) is 72.9 Å². The van der Waals surface area contributed by atoms with Crippen molar-refractivity contribution in [2.24, 2.45) is 15.0 Å². The molecule has 0 aromatic heterocycles. The topological polar surface area (TPSA) is 37.1 Å². The maximum Gasteiger partial charge on any atom is 0.161 e. The van der Waals surface area contributed by atoms with Gasteiger partial charge in [0.05, 0.1) is 6.54 Å².